The number of hydrogen-bond acceptors (Lipinski definition) is 5. The summed E-state index contributed by atoms with van der Waals surface area (Å²) in [6, 6.07) is 3.85. The minimum Gasteiger partial charge on any atom is -0.481 e. The molecule has 6 heteroatoms. The van der Waals surface area contributed by atoms with Crippen molar-refractivity contribution in [3.8, 4) is 0 Å². The van der Waals surface area contributed by atoms with Crippen LogP contribution in [0.1, 0.15) is 35.2 Å². The van der Waals surface area contributed by atoms with Crippen molar-refractivity contribution in [1.29, 1.82) is 0 Å². The van der Waals surface area contributed by atoms with Gasteiger partial charge in [0.2, 0.25) is 0 Å². The highest BCUT2D eigenvalue weighted by Crippen LogP contribution is 2.26. The van der Waals surface area contributed by atoms with Gasteiger partial charge in [-0.2, -0.15) is 0 Å². The van der Waals surface area contributed by atoms with Crippen LogP contribution in [0.2, 0.25) is 0 Å². The largest absolute Gasteiger partial charge is 0.481 e. The van der Waals surface area contributed by atoms with Gasteiger partial charge in [-0.25, -0.2) is 0 Å². The lowest BCUT2D eigenvalue weighted by Gasteiger charge is -2.20. The van der Waals surface area contributed by atoms with Gasteiger partial charge in [-0.15, -0.1) is 22.7 Å². The zero-order chi connectivity index (χ0) is 13.0. The first-order valence-corrected chi connectivity index (χ1v) is 7.32. The fraction of sp³-hybridized carbons (Fsp3) is 0.333. The van der Waals surface area contributed by atoms with Gasteiger partial charge < -0.3 is 10.4 Å². The van der Waals surface area contributed by atoms with Gasteiger partial charge in [-0.05, 0) is 18.4 Å². The van der Waals surface area contributed by atoms with Crippen molar-refractivity contribution >= 4 is 28.6 Å². The van der Waals surface area contributed by atoms with E-state index in [1.54, 1.807) is 28.2 Å². The van der Waals surface area contributed by atoms with E-state index in [2.05, 4.69) is 10.3 Å². The average molecular weight is 282 g/mol. The summed E-state index contributed by atoms with van der Waals surface area (Å²) >= 11 is 3.15. The summed E-state index contributed by atoms with van der Waals surface area (Å²) in [6.07, 6.45) is 1.90. The van der Waals surface area contributed by atoms with Crippen LogP contribution in [0.15, 0.2) is 29.2 Å². The molecule has 2 aromatic heterocycles. The fourth-order valence-corrected chi connectivity index (χ4v) is 3.15. The molecule has 0 saturated heterocycles. The number of nitrogens with one attached hydrogen (secondary N) is 1. The summed E-state index contributed by atoms with van der Waals surface area (Å²) < 4.78 is 0. The molecule has 2 aromatic rings. The molecular formula is C12H14N2O2S2. The van der Waals surface area contributed by atoms with Gasteiger partial charge in [0.05, 0.1) is 18.0 Å². The Morgan fingerprint density at radius 2 is 2.33 bits per heavy atom. The molecule has 18 heavy (non-hydrogen) atoms. The standard InChI is InChI=1S/C12H14N2O2S2/c1-8(11-6-13-7-18-11)14-9(5-12(15)16)10-3-2-4-17-10/h2-4,6-9,14H,5H2,1H3,(H,15,16). The maximum atomic E-state index is 10.9. The molecule has 0 aliphatic carbocycles. The number of carbonyl (C=O) groups is 1. The Labute approximate surface area is 113 Å². The lowest BCUT2D eigenvalue weighted by molar-refractivity contribution is -0.137. The summed E-state index contributed by atoms with van der Waals surface area (Å²) in [5.41, 5.74) is 1.78. The smallest absolute Gasteiger partial charge is 0.305 e. The molecule has 0 bridgehead atoms. The van der Waals surface area contributed by atoms with Crippen molar-refractivity contribution < 1.29 is 9.90 Å². The molecule has 4 nitrogen and oxygen atoms in total. The zero-order valence-electron chi connectivity index (χ0n) is 9.87. The predicted molar refractivity (Wildman–Crippen MR) is 73.0 cm³/mol. The Kier molecular flexibility index (Phi) is 4.46. The number of aliphatic carboxylic acids is 1. The minimum atomic E-state index is -0.794. The predicted octanol–water partition coefficient (Wildman–Crippen LogP) is 3.07. The third kappa shape index (κ3) is 3.38. The summed E-state index contributed by atoms with van der Waals surface area (Å²) in [6.45, 7) is 2.02. The number of nitrogens with zero attached hydrogens (tertiary/aromatic N) is 1. The van der Waals surface area contributed by atoms with Gasteiger partial charge in [0.15, 0.2) is 0 Å². The molecule has 2 N–H and O–H groups in total. The van der Waals surface area contributed by atoms with Crippen LogP contribution in [-0.2, 0) is 4.79 Å². The first kappa shape index (κ1) is 13.2. The Bertz CT molecular complexity index is 482. The SMILES string of the molecule is CC(NC(CC(=O)O)c1cccs1)c1cncs1. The maximum absolute atomic E-state index is 10.9. The van der Waals surface area contributed by atoms with Gasteiger partial charge in [-0.3, -0.25) is 9.78 Å². The third-order valence-corrected chi connectivity index (χ3v) is 4.54. The average Bonchev–Trinajstić information content (AvgIpc) is 3.01. The molecule has 96 valence electrons. The van der Waals surface area contributed by atoms with Crippen LogP contribution < -0.4 is 5.32 Å². The second-order valence-electron chi connectivity index (χ2n) is 3.96. The number of thiazole rings is 1. The van der Waals surface area contributed by atoms with Gasteiger partial charge in [0.1, 0.15) is 0 Å². The number of aromatic nitrogens is 1. The van der Waals surface area contributed by atoms with E-state index in [-0.39, 0.29) is 18.5 Å². The highest BCUT2D eigenvalue weighted by Gasteiger charge is 2.19. The molecule has 0 amide bonds. The molecule has 0 radical (unpaired) electrons. The lowest BCUT2D eigenvalue weighted by Crippen LogP contribution is -2.25. The van der Waals surface area contributed by atoms with Gasteiger partial charge in [0, 0.05) is 22.0 Å². The highest BCUT2D eigenvalue weighted by atomic mass is 32.1. The molecule has 2 rings (SSSR count). The van der Waals surface area contributed by atoms with E-state index in [9.17, 15) is 4.79 Å². The first-order chi connectivity index (χ1) is 8.66. The van der Waals surface area contributed by atoms with Gasteiger partial charge >= 0.3 is 5.97 Å². The number of rotatable bonds is 6. The topological polar surface area (TPSA) is 62.2 Å². The Balaban J connectivity index is 2.08. The zero-order valence-corrected chi connectivity index (χ0v) is 11.5. The van der Waals surface area contributed by atoms with Crippen LogP contribution in [0.25, 0.3) is 0 Å². The molecule has 2 atom stereocenters. The second-order valence-corrected chi connectivity index (χ2v) is 5.86. The molecule has 0 aromatic carbocycles. The second kappa shape index (κ2) is 6.08. The molecule has 0 aliphatic rings. The van der Waals surface area contributed by atoms with Crippen LogP contribution in [0.4, 0.5) is 0 Å². The van der Waals surface area contributed by atoms with E-state index in [0.717, 1.165) is 9.75 Å². The third-order valence-electron chi connectivity index (χ3n) is 2.59. The fourth-order valence-electron chi connectivity index (χ4n) is 1.73. The monoisotopic (exact) mass is 282 g/mol. The van der Waals surface area contributed by atoms with Crippen molar-refractivity contribution in [1.82, 2.24) is 10.3 Å². The van der Waals surface area contributed by atoms with Gasteiger partial charge in [0.25, 0.3) is 0 Å². The molecule has 0 aliphatic heterocycles. The van der Waals surface area contributed by atoms with E-state index >= 15 is 0 Å². The quantitative estimate of drug-likeness (QED) is 0.854. The Morgan fingerprint density at radius 3 is 2.89 bits per heavy atom. The van der Waals surface area contributed by atoms with Crippen LogP contribution in [0, 0.1) is 0 Å². The molecule has 0 saturated carbocycles. The van der Waals surface area contributed by atoms with Crippen LogP contribution in [-0.4, -0.2) is 16.1 Å². The Morgan fingerprint density at radius 1 is 1.50 bits per heavy atom. The maximum Gasteiger partial charge on any atom is 0.305 e. The first-order valence-electron chi connectivity index (χ1n) is 5.56. The minimum absolute atomic E-state index is 0.0870. The summed E-state index contributed by atoms with van der Waals surface area (Å²) in [5, 5.41) is 14.3. The molecule has 2 heterocycles. The van der Waals surface area contributed by atoms with Crippen LogP contribution in [0.3, 0.4) is 0 Å². The van der Waals surface area contributed by atoms with E-state index in [1.165, 1.54) is 0 Å². The van der Waals surface area contributed by atoms with Crippen molar-refractivity contribution in [2.24, 2.45) is 0 Å². The number of thiophene rings is 1. The summed E-state index contributed by atoms with van der Waals surface area (Å²) in [5.74, 6) is -0.794. The van der Waals surface area contributed by atoms with Crippen molar-refractivity contribution in [3.05, 3.63) is 39.0 Å². The van der Waals surface area contributed by atoms with E-state index in [4.69, 9.17) is 5.11 Å². The number of hydrogen-bond donors (Lipinski definition) is 2. The molecule has 0 fully saturated rings. The van der Waals surface area contributed by atoms with E-state index < -0.39 is 5.97 Å². The van der Waals surface area contributed by atoms with Crippen molar-refractivity contribution in [2.75, 3.05) is 0 Å². The Hall–Kier alpha value is -1.24. The van der Waals surface area contributed by atoms with E-state index in [0.29, 0.717) is 0 Å². The van der Waals surface area contributed by atoms with Crippen LogP contribution in [0.5, 0.6) is 0 Å². The lowest BCUT2D eigenvalue weighted by atomic mass is 10.1. The summed E-state index contributed by atoms with van der Waals surface area (Å²) in [7, 11) is 0. The number of carboxylic acids is 1. The van der Waals surface area contributed by atoms with Gasteiger partial charge in [-0.1, -0.05) is 6.07 Å². The van der Waals surface area contributed by atoms with Crippen LogP contribution >= 0.6 is 22.7 Å². The summed E-state index contributed by atoms with van der Waals surface area (Å²) in [4.78, 5) is 17.1. The molecule has 2 unspecified atom stereocenters. The van der Waals surface area contributed by atoms with Crippen molar-refractivity contribution in [3.63, 3.8) is 0 Å². The highest BCUT2D eigenvalue weighted by molar-refractivity contribution is 7.10. The van der Waals surface area contributed by atoms with E-state index in [1.807, 2.05) is 30.6 Å². The van der Waals surface area contributed by atoms with Crippen molar-refractivity contribution in [2.45, 2.75) is 25.4 Å². The normalized spacial score (nSPS) is 14.3. The molecule has 0 spiro atoms. The molecular weight excluding hydrogens is 268 g/mol. The number of carboxylic acid groups (broad SMARTS) is 1.